The van der Waals surface area contributed by atoms with E-state index in [0.717, 1.165) is 22.9 Å². The minimum absolute atomic E-state index is 0.0135. The van der Waals surface area contributed by atoms with Crippen LogP contribution in [0.5, 0.6) is 0 Å². The second kappa shape index (κ2) is 5.10. The van der Waals surface area contributed by atoms with Crippen LogP contribution in [-0.2, 0) is 4.79 Å². The Morgan fingerprint density at radius 1 is 1.32 bits per heavy atom. The minimum atomic E-state index is -0.319. The molecule has 0 spiro atoms. The van der Waals surface area contributed by atoms with E-state index >= 15 is 0 Å². The number of alkyl halides is 1. The maximum atomic E-state index is 12.3. The second-order valence-corrected chi connectivity index (χ2v) is 7.90. The van der Waals surface area contributed by atoms with Gasteiger partial charge in [-0.15, -0.1) is 11.6 Å². The standard InChI is InChI=1S/C15H19BrClNO/c1-10(11-4-6-12(16)7-5-11)18-13(19)14(2)8-15(3,17)9-14/h4-7,10H,8-9H2,1-3H3,(H,18,19)/t10-,14-,15+/m1/s1. The lowest BCUT2D eigenvalue weighted by molar-refractivity contribution is -0.137. The first-order valence-electron chi connectivity index (χ1n) is 6.47. The van der Waals surface area contributed by atoms with Crippen molar-refractivity contribution in [2.45, 2.75) is 44.5 Å². The summed E-state index contributed by atoms with van der Waals surface area (Å²) in [6.07, 6.45) is 1.47. The number of benzene rings is 1. The molecule has 19 heavy (non-hydrogen) atoms. The van der Waals surface area contributed by atoms with Crippen LogP contribution in [0.4, 0.5) is 0 Å². The van der Waals surface area contributed by atoms with Gasteiger partial charge in [-0.2, -0.15) is 0 Å². The van der Waals surface area contributed by atoms with Gasteiger partial charge in [-0.25, -0.2) is 0 Å². The van der Waals surface area contributed by atoms with Gasteiger partial charge in [0.25, 0.3) is 0 Å². The van der Waals surface area contributed by atoms with Crippen molar-refractivity contribution in [2.24, 2.45) is 5.41 Å². The number of carbonyl (C=O) groups is 1. The fraction of sp³-hybridized carbons (Fsp3) is 0.533. The second-order valence-electron chi connectivity index (χ2n) is 6.07. The van der Waals surface area contributed by atoms with E-state index in [9.17, 15) is 4.79 Å². The number of amides is 1. The van der Waals surface area contributed by atoms with Gasteiger partial charge in [0.1, 0.15) is 0 Å². The highest BCUT2D eigenvalue weighted by Gasteiger charge is 2.52. The van der Waals surface area contributed by atoms with Crippen molar-refractivity contribution in [1.82, 2.24) is 5.32 Å². The summed E-state index contributed by atoms with van der Waals surface area (Å²) in [5.41, 5.74) is 0.785. The Morgan fingerprint density at radius 2 is 1.84 bits per heavy atom. The zero-order valence-electron chi connectivity index (χ0n) is 11.5. The van der Waals surface area contributed by atoms with Crippen LogP contribution in [0.2, 0.25) is 0 Å². The molecule has 1 atom stereocenters. The monoisotopic (exact) mass is 343 g/mol. The molecule has 0 aromatic heterocycles. The van der Waals surface area contributed by atoms with E-state index in [0.29, 0.717) is 0 Å². The predicted molar refractivity (Wildman–Crippen MR) is 82.3 cm³/mol. The van der Waals surface area contributed by atoms with E-state index in [-0.39, 0.29) is 22.2 Å². The van der Waals surface area contributed by atoms with E-state index in [1.807, 2.05) is 45.0 Å². The number of nitrogens with one attached hydrogen (secondary N) is 1. The Bertz CT molecular complexity index is 475. The Labute approximate surface area is 128 Å². The lowest BCUT2D eigenvalue weighted by Crippen LogP contribution is -2.53. The molecule has 4 heteroatoms. The predicted octanol–water partition coefficient (Wildman–Crippen LogP) is 4.42. The summed E-state index contributed by atoms with van der Waals surface area (Å²) in [4.78, 5) is 12.1. The highest BCUT2D eigenvalue weighted by molar-refractivity contribution is 9.10. The molecule has 104 valence electrons. The van der Waals surface area contributed by atoms with Crippen LogP contribution >= 0.6 is 27.5 Å². The van der Waals surface area contributed by atoms with E-state index < -0.39 is 0 Å². The molecular formula is C15H19BrClNO. The van der Waals surface area contributed by atoms with E-state index in [4.69, 9.17) is 11.6 Å². The molecule has 1 amide bonds. The summed E-state index contributed by atoms with van der Waals surface area (Å²) < 4.78 is 1.04. The van der Waals surface area contributed by atoms with Crippen molar-refractivity contribution < 1.29 is 4.79 Å². The number of hydrogen-bond donors (Lipinski definition) is 1. The fourth-order valence-electron chi connectivity index (χ4n) is 2.94. The molecule has 2 nitrogen and oxygen atoms in total. The molecule has 1 aliphatic rings. The van der Waals surface area contributed by atoms with Crippen molar-refractivity contribution in [1.29, 1.82) is 0 Å². The van der Waals surface area contributed by atoms with Crippen LogP contribution in [0, 0.1) is 5.41 Å². The van der Waals surface area contributed by atoms with Crippen LogP contribution < -0.4 is 5.32 Å². The Hall–Kier alpha value is -0.540. The van der Waals surface area contributed by atoms with Gasteiger partial charge in [0.2, 0.25) is 5.91 Å². The molecule has 1 aromatic carbocycles. The molecule has 0 aliphatic heterocycles. The Morgan fingerprint density at radius 3 is 2.32 bits per heavy atom. The summed E-state index contributed by atoms with van der Waals surface area (Å²) in [6, 6.07) is 8.02. The van der Waals surface area contributed by atoms with Crippen molar-refractivity contribution >= 4 is 33.4 Å². The zero-order valence-corrected chi connectivity index (χ0v) is 13.8. The van der Waals surface area contributed by atoms with Gasteiger partial charge in [0, 0.05) is 14.8 Å². The average Bonchev–Trinajstić information content (AvgIpc) is 2.26. The summed E-state index contributed by atoms with van der Waals surface area (Å²) in [5.74, 6) is 0.0982. The third-order valence-electron chi connectivity index (χ3n) is 3.78. The van der Waals surface area contributed by atoms with Crippen LogP contribution in [0.15, 0.2) is 28.7 Å². The highest BCUT2D eigenvalue weighted by Crippen LogP contribution is 2.52. The largest absolute Gasteiger partial charge is 0.349 e. The first-order chi connectivity index (χ1) is 8.72. The fourth-order valence-corrected chi connectivity index (χ4v) is 3.80. The molecule has 1 fully saturated rings. The van der Waals surface area contributed by atoms with E-state index in [1.54, 1.807) is 0 Å². The van der Waals surface area contributed by atoms with Crippen molar-refractivity contribution in [3.63, 3.8) is 0 Å². The molecule has 0 radical (unpaired) electrons. The molecular weight excluding hydrogens is 326 g/mol. The lowest BCUT2D eigenvalue weighted by atomic mass is 9.62. The third kappa shape index (κ3) is 3.32. The van der Waals surface area contributed by atoms with Crippen molar-refractivity contribution in [3.05, 3.63) is 34.3 Å². The molecule has 1 aromatic rings. The van der Waals surface area contributed by atoms with Gasteiger partial charge in [-0.05, 0) is 44.4 Å². The summed E-state index contributed by atoms with van der Waals surface area (Å²) in [6.45, 7) is 5.98. The number of halogens is 2. The van der Waals surface area contributed by atoms with Gasteiger partial charge >= 0.3 is 0 Å². The van der Waals surface area contributed by atoms with Crippen LogP contribution in [-0.4, -0.2) is 10.8 Å². The van der Waals surface area contributed by atoms with Gasteiger partial charge < -0.3 is 5.32 Å². The van der Waals surface area contributed by atoms with Gasteiger partial charge in [-0.1, -0.05) is 35.0 Å². The molecule has 1 N–H and O–H groups in total. The maximum absolute atomic E-state index is 12.3. The lowest BCUT2D eigenvalue weighted by Gasteiger charge is -2.48. The van der Waals surface area contributed by atoms with E-state index in [2.05, 4.69) is 21.2 Å². The SMILES string of the molecule is C[C@@H](NC(=O)[C@]1(C)C[C@](C)(Cl)C1)c1ccc(Br)cc1. The molecule has 0 bridgehead atoms. The molecule has 1 aliphatic carbocycles. The average molecular weight is 345 g/mol. The molecule has 0 unspecified atom stereocenters. The Balaban J connectivity index is 1.98. The zero-order chi connectivity index (χ0) is 14.3. The van der Waals surface area contributed by atoms with Crippen LogP contribution in [0.3, 0.4) is 0 Å². The molecule has 1 saturated carbocycles. The van der Waals surface area contributed by atoms with Crippen LogP contribution in [0.25, 0.3) is 0 Å². The van der Waals surface area contributed by atoms with Gasteiger partial charge in [-0.3, -0.25) is 4.79 Å². The summed E-state index contributed by atoms with van der Waals surface area (Å²) in [7, 11) is 0. The number of rotatable bonds is 3. The third-order valence-corrected chi connectivity index (χ3v) is 4.58. The van der Waals surface area contributed by atoms with Gasteiger partial charge in [0.15, 0.2) is 0 Å². The molecule has 2 rings (SSSR count). The first kappa shape index (κ1) is 14.9. The maximum Gasteiger partial charge on any atom is 0.226 e. The molecule has 0 heterocycles. The minimum Gasteiger partial charge on any atom is -0.349 e. The quantitative estimate of drug-likeness (QED) is 0.808. The molecule has 0 saturated heterocycles. The Kier molecular flexibility index (Phi) is 3.99. The number of carbonyl (C=O) groups excluding carboxylic acids is 1. The van der Waals surface area contributed by atoms with Gasteiger partial charge in [0.05, 0.1) is 6.04 Å². The summed E-state index contributed by atoms with van der Waals surface area (Å²) in [5, 5.41) is 3.08. The first-order valence-corrected chi connectivity index (χ1v) is 7.64. The van der Waals surface area contributed by atoms with Crippen molar-refractivity contribution in [2.75, 3.05) is 0 Å². The van der Waals surface area contributed by atoms with Crippen LogP contribution in [0.1, 0.15) is 45.2 Å². The summed E-state index contributed by atoms with van der Waals surface area (Å²) >= 11 is 9.63. The van der Waals surface area contributed by atoms with Crippen molar-refractivity contribution in [3.8, 4) is 0 Å². The van der Waals surface area contributed by atoms with E-state index in [1.165, 1.54) is 0 Å². The topological polar surface area (TPSA) is 29.1 Å². The highest BCUT2D eigenvalue weighted by atomic mass is 79.9. The smallest absolute Gasteiger partial charge is 0.226 e. The number of hydrogen-bond acceptors (Lipinski definition) is 1. The normalized spacial score (nSPS) is 31.4.